The predicted molar refractivity (Wildman–Crippen MR) is 115 cm³/mol. The quantitative estimate of drug-likeness (QED) is 0.390. The number of rotatable bonds is 6. The fourth-order valence-corrected chi connectivity index (χ4v) is 4.75. The topological polar surface area (TPSA) is 68.0 Å². The van der Waals surface area contributed by atoms with Crippen molar-refractivity contribution in [3.05, 3.63) is 51.4 Å². The minimum atomic E-state index is -0.967. The van der Waals surface area contributed by atoms with Crippen molar-refractivity contribution in [3.63, 3.8) is 0 Å². The molecule has 7 heteroatoms. The summed E-state index contributed by atoms with van der Waals surface area (Å²) in [5.74, 6) is -0.169. The van der Waals surface area contributed by atoms with Crippen LogP contribution in [0.3, 0.4) is 0 Å². The normalized spacial score (nSPS) is 14.6. The number of halogens is 1. The molecule has 27 heavy (non-hydrogen) atoms. The molecule has 0 aliphatic heterocycles. The van der Waals surface area contributed by atoms with Crippen molar-refractivity contribution in [2.24, 2.45) is 0 Å². The molecule has 1 fully saturated rings. The Balaban J connectivity index is 1.72. The lowest BCUT2D eigenvalue weighted by molar-refractivity contribution is -0.138. The third kappa shape index (κ3) is 3.71. The van der Waals surface area contributed by atoms with Gasteiger partial charge in [-0.1, -0.05) is 48.2 Å². The Labute approximate surface area is 175 Å². The zero-order chi connectivity index (χ0) is 19.2. The number of aromatic nitrogens is 3. The summed E-state index contributed by atoms with van der Waals surface area (Å²) in [6, 6.07) is 13.0. The Morgan fingerprint density at radius 2 is 1.93 bits per heavy atom. The van der Waals surface area contributed by atoms with Gasteiger partial charge in [0.15, 0.2) is 8.99 Å². The number of hydrogen-bond donors (Lipinski definition) is 1. The van der Waals surface area contributed by atoms with Crippen LogP contribution in [-0.2, 0) is 11.3 Å². The Morgan fingerprint density at radius 3 is 2.59 bits per heavy atom. The van der Waals surface area contributed by atoms with Gasteiger partial charge in [-0.15, -0.1) is 10.2 Å². The minimum Gasteiger partial charge on any atom is -0.480 e. The van der Waals surface area contributed by atoms with Crippen LogP contribution in [0.15, 0.2) is 41.6 Å². The van der Waals surface area contributed by atoms with Crippen LogP contribution in [0.5, 0.6) is 0 Å². The first-order valence-corrected chi connectivity index (χ1v) is 10.8. The third-order valence-corrected chi connectivity index (χ3v) is 6.89. The van der Waals surface area contributed by atoms with Crippen LogP contribution in [0.1, 0.15) is 43.7 Å². The molecule has 0 spiro atoms. The largest absolute Gasteiger partial charge is 0.480 e. The van der Waals surface area contributed by atoms with Crippen LogP contribution in [0.2, 0.25) is 0 Å². The number of carbonyl (C=O) groups is 1. The van der Waals surface area contributed by atoms with Gasteiger partial charge in [-0.25, -0.2) is 0 Å². The van der Waals surface area contributed by atoms with E-state index in [1.54, 1.807) is 13.8 Å². The Kier molecular flexibility index (Phi) is 4.92. The van der Waals surface area contributed by atoms with Crippen molar-refractivity contribution >= 4 is 51.1 Å². The number of carboxylic acid groups (broad SMARTS) is 1. The number of fused-ring (bicyclic) bond motifs is 1. The molecule has 0 saturated heterocycles. The third-order valence-electron chi connectivity index (χ3n) is 4.93. The zero-order valence-corrected chi connectivity index (χ0v) is 18.1. The second-order valence-corrected chi connectivity index (χ2v) is 9.94. The van der Waals surface area contributed by atoms with E-state index < -0.39 is 10.7 Å². The Bertz CT molecular complexity index is 1030. The highest BCUT2D eigenvalue weighted by atomic mass is 127. The Morgan fingerprint density at radius 1 is 1.22 bits per heavy atom. The Hall–Kier alpha value is -1.61. The van der Waals surface area contributed by atoms with Gasteiger partial charge >= 0.3 is 5.97 Å². The summed E-state index contributed by atoms with van der Waals surface area (Å²) in [6.07, 6.45) is 2.55. The maximum absolute atomic E-state index is 11.5. The van der Waals surface area contributed by atoms with Crippen LogP contribution in [0.25, 0.3) is 10.8 Å². The fraction of sp³-hybridized carbons (Fsp3) is 0.350. The lowest BCUT2D eigenvalue weighted by Crippen LogP contribution is -2.27. The van der Waals surface area contributed by atoms with E-state index in [2.05, 4.69) is 69.2 Å². The molecule has 0 atom stereocenters. The summed E-state index contributed by atoms with van der Waals surface area (Å²) in [7, 11) is 0. The molecule has 1 N–H and O–H groups in total. The van der Waals surface area contributed by atoms with Gasteiger partial charge in [-0.3, -0.25) is 9.36 Å². The van der Waals surface area contributed by atoms with Crippen LogP contribution < -0.4 is 0 Å². The molecule has 1 heterocycles. The predicted octanol–water partition coefficient (Wildman–Crippen LogP) is 4.92. The summed E-state index contributed by atoms with van der Waals surface area (Å²) < 4.78 is 1.78. The molecular weight excluding hydrogens is 473 g/mol. The number of aliphatic carboxylic acids is 1. The van der Waals surface area contributed by atoms with Crippen molar-refractivity contribution in [3.8, 4) is 0 Å². The molecule has 0 unspecified atom stereocenters. The van der Waals surface area contributed by atoms with Gasteiger partial charge in [0.25, 0.3) is 0 Å². The molecule has 1 saturated carbocycles. The van der Waals surface area contributed by atoms with Crippen LogP contribution in [0.4, 0.5) is 0 Å². The van der Waals surface area contributed by atoms with Crippen molar-refractivity contribution < 1.29 is 9.90 Å². The molecule has 1 aromatic heterocycles. The number of hydrogen-bond acceptors (Lipinski definition) is 4. The van der Waals surface area contributed by atoms with Crippen molar-refractivity contribution in [2.75, 3.05) is 0 Å². The first-order valence-electron chi connectivity index (χ1n) is 8.88. The SMILES string of the molecule is CC(C)(Sc1nnc(I)n1Cc1ccc(C2CC2)c2ccccc12)C(=O)O. The number of thioether (sulfide) groups is 1. The molecule has 2 aromatic carbocycles. The van der Waals surface area contributed by atoms with Crippen molar-refractivity contribution in [1.82, 2.24) is 14.8 Å². The summed E-state index contributed by atoms with van der Waals surface area (Å²) in [6.45, 7) is 3.99. The molecule has 0 bridgehead atoms. The molecule has 1 aliphatic carbocycles. The molecule has 1 aliphatic rings. The highest BCUT2D eigenvalue weighted by molar-refractivity contribution is 14.1. The maximum Gasteiger partial charge on any atom is 0.319 e. The van der Waals surface area contributed by atoms with Crippen molar-refractivity contribution in [1.29, 1.82) is 0 Å². The van der Waals surface area contributed by atoms with Gasteiger partial charge in [0.2, 0.25) is 0 Å². The van der Waals surface area contributed by atoms with Gasteiger partial charge in [0, 0.05) is 22.6 Å². The molecule has 0 amide bonds. The second-order valence-electron chi connectivity index (χ2n) is 7.39. The number of benzene rings is 2. The van der Waals surface area contributed by atoms with E-state index in [9.17, 15) is 9.90 Å². The molecule has 140 valence electrons. The van der Waals surface area contributed by atoms with E-state index in [1.807, 2.05) is 4.57 Å². The highest BCUT2D eigenvalue weighted by Gasteiger charge is 2.31. The van der Waals surface area contributed by atoms with Gasteiger partial charge in [0.05, 0.1) is 6.54 Å². The van der Waals surface area contributed by atoms with E-state index >= 15 is 0 Å². The molecule has 3 aromatic rings. The first-order chi connectivity index (χ1) is 12.9. The number of nitrogens with zero attached hydrogens (tertiary/aromatic N) is 3. The summed E-state index contributed by atoms with van der Waals surface area (Å²) >= 11 is 3.39. The molecule has 0 radical (unpaired) electrons. The van der Waals surface area contributed by atoms with Gasteiger partial charge < -0.3 is 5.11 Å². The lowest BCUT2D eigenvalue weighted by Gasteiger charge is -2.19. The molecular formula is C20H20IN3O2S. The highest BCUT2D eigenvalue weighted by Crippen LogP contribution is 2.43. The van der Waals surface area contributed by atoms with Gasteiger partial charge in [-0.2, -0.15) is 0 Å². The van der Waals surface area contributed by atoms with E-state index in [1.165, 1.54) is 46.5 Å². The standard InChI is InChI=1S/C20H20IN3O2S/c1-20(2,17(25)26)27-19-23-22-18(21)24(19)11-13-9-10-15(12-7-8-12)16-6-4-3-5-14(13)16/h3-6,9-10,12H,7-8,11H2,1-2H3,(H,25,26). The lowest BCUT2D eigenvalue weighted by atomic mass is 9.97. The van der Waals surface area contributed by atoms with E-state index in [0.717, 1.165) is 3.83 Å². The van der Waals surface area contributed by atoms with E-state index in [-0.39, 0.29) is 0 Å². The summed E-state index contributed by atoms with van der Waals surface area (Å²) in [5, 5.41) is 21.0. The van der Waals surface area contributed by atoms with Crippen LogP contribution in [-0.4, -0.2) is 30.6 Å². The van der Waals surface area contributed by atoms with Crippen LogP contribution in [0, 0.1) is 3.83 Å². The molecule has 5 nitrogen and oxygen atoms in total. The monoisotopic (exact) mass is 493 g/mol. The average Bonchev–Trinajstić information content (AvgIpc) is 3.42. The molecule has 4 rings (SSSR count). The first kappa shape index (κ1) is 18.7. The summed E-state index contributed by atoms with van der Waals surface area (Å²) in [5.41, 5.74) is 2.64. The smallest absolute Gasteiger partial charge is 0.319 e. The summed E-state index contributed by atoms with van der Waals surface area (Å²) in [4.78, 5) is 11.5. The fourth-order valence-electron chi connectivity index (χ4n) is 3.19. The van der Waals surface area contributed by atoms with Crippen molar-refractivity contribution in [2.45, 2.75) is 49.1 Å². The van der Waals surface area contributed by atoms with E-state index in [4.69, 9.17) is 0 Å². The minimum absolute atomic E-state index is 0.620. The van der Waals surface area contributed by atoms with E-state index in [0.29, 0.717) is 17.6 Å². The second kappa shape index (κ2) is 7.09. The maximum atomic E-state index is 11.5. The number of carboxylic acids is 1. The van der Waals surface area contributed by atoms with Gasteiger partial charge in [-0.05, 0) is 54.5 Å². The van der Waals surface area contributed by atoms with Gasteiger partial charge in [0.1, 0.15) is 4.75 Å². The average molecular weight is 493 g/mol. The van der Waals surface area contributed by atoms with Crippen LogP contribution >= 0.6 is 34.4 Å². The zero-order valence-electron chi connectivity index (χ0n) is 15.1.